The molecule has 3 saturated heterocycles. The predicted molar refractivity (Wildman–Crippen MR) is 110 cm³/mol. The summed E-state index contributed by atoms with van der Waals surface area (Å²) in [5.74, 6) is 0.500. The van der Waals surface area contributed by atoms with Gasteiger partial charge in [0.25, 0.3) is 5.91 Å². The van der Waals surface area contributed by atoms with Gasteiger partial charge in [-0.25, -0.2) is 0 Å². The maximum atomic E-state index is 13.0. The van der Waals surface area contributed by atoms with Gasteiger partial charge in [0, 0.05) is 48.8 Å². The third-order valence-electron chi connectivity index (χ3n) is 7.72. The van der Waals surface area contributed by atoms with Crippen LogP contribution in [0.1, 0.15) is 36.2 Å². The Balaban J connectivity index is 1.16. The van der Waals surface area contributed by atoms with Crippen molar-refractivity contribution < 1.29 is 18.3 Å². The normalized spacial score (nSPS) is 32.8. The Hall–Kier alpha value is -1.84. The summed E-state index contributed by atoms with van der Waals surface area (Å²) in [5.41, 5.74) is 1.83. The molecule has 9 heteroatoms. The lowest BCUT2D eigenvalue weighted by atomic mass is 9.61. The first-order valence-corrected chi connectivity index (χ1v) is 11.4. The van der Waals surface area contributed by atoms with E-state index in [2.05, 4.69) is 19.3 Å². The fraction of sp³-hybridized carbons (Fsp3) is 0.619. The second-order valence-corrected chi connectivity index (χ2v) is 9.79. The van der Waals surface area contributed by atoms with Crippen molar-refractivity contribution in [1.29, 1.82) is 0 Å². The number of aromatic nitrogens is 1. The zero-order valence-corrected chi connectivity index (χ0v) is 17.3. The highest BCUT2D eigenvalue weighted by Crippen LogP contribution is 2.57. The van der Waals surface area contributed by atoms with Gasteiger partial charge in [0.2, 0.25) is 0 Å². The number of benzene rings is 1. The Labute approximate surface area is 177 Å². The van der Waals surface area contributed by atoms with Crippen molar-refractivity contribution in [3.63, 3.8) is 0 Å². The summed E-state index contributed by atoms with van der Waals surface area (Å²) in [4.78, 5) is 17.6. The summed E-state index contributed by atoms with van der Waals surface area (Å²) < 4.78 is 34.9. The lowest BCUT2D eigenvalue weighted by Crippen LogP contribution is -2.64. The van der Waals surface area contributed by atoms with Crippen LogP contribution in [0.4, 0.5) is 14.5 Å². The summed E-state index contributed by atoms with van der Waals surface area (Å²) in [7, 11) is 0. The molecule has 4 atom stereocenters. The number of ether oxygens (including phenoxy) is 1. The number of alkyl halides is 2. The first-order valence-electron chi connectivity index (χ1n) is 10.7. The van der Waals surface area contributed by atoms with Gasteiger partial charge in [-0.15, -0.1) is 0 Å². The molecule has 1 aromatic carbocycles. The molecule has 1 aliphatic carbocycles. The minimum Gasteiger partial charge on any atom is -0.369 e. The van der Waals surface area contributed by atoms with Crippen LogP contribution in [0.15, 0.2) is 18.2 Å². The predicted octanol–water partition coefficient (Wildman–Crippen LogP) is 3.08. The Morgan fingerprint density at radius 3 is 2.87 bits per heavy atom. The van der Waals surface area contributed by atoms with Crippen LogP contribution >= 0.6 is 11.5 Å². The Morgan fingerprint density at radius 2 is 2.17 bits per heavy atom. The second-order valence-electron chi connectivity index (χ2n) is 8.99. The smallest absolute Gasteiger partial charge is 0.345 e. The van der Waals surface area contributed by atoms with Crippen LogP contribution in [-0.2, 0) is 4.74 Å². The molecule has 2 aromatic rings. The summed E-state index contributed by atoms with van der Waals surface area (Å²) in [6.45, 7) is 0.506. The molecule has 0 radical (unpaired) electrons. The fourth-order valence-corrected chi connectivity index (χ4v) is 6.81. The van der Waals surface area contributed by atoms with Gasteiger partial charge in [0.05, 0.1) is 10.8 Å². The molecule has 4 fully saturated rings. The number of rotatable bonds is 5. The highest BCUT2D eigenvalue weighted by atomic mass is 32.1. The molecule has 160 valence electrons. The van der Waals surface area contributed by atoms with Crippen LogP contribution in [0.3, 0.4) is 0 Å². The summed E-state index contributed by atoms with van der Waals surface area (Å²) >= 11 is 1.31. The molecule has 1 N–H and O–H groups in total. The number of carbonyl (C=O) groups excluding carboxylic acids is 1. The molecule has 1 aromatic heterocycles. The Morgan fingerprint density at radius 1 is 1.27 bits per heavy atom. The molecular weight excluding hydrogens is 410 g/mol. The maximum Gasteiger partial charge on any atom is 0.345 e. The lowest BCUT2D eigenvalue weighted by molar-refractivity contribution is -0.156. The minimum absolute atomic E-state index is 0.0879. The van der Waals surface area contributed by atoms with Crippen molar-refractivity contribution >= 4 is 33.2 Å². The number of anilines is 1. The van der Waals surface area contributed by atoms with Crippen LogP contribution in [-0.4, -0.2) is 65.7 Å². The molecule has 0 bridgehead atoms. The molecule has 1 amide bonds. The number of nitrogens with zero attached hydrogens (tertiary/aromatic N) is 3. The molecule has 1 saturated carbocycles. The topological polar surface area (TPSA) is 57.7 Å². The molecule has 1 spiro atoms. The van der Waals surface area contributed by atoms with Gasteiger partial charge in [0.1, 0.15) is 5.69 Å². The van der Waals surface area contributed by atoms with E-state index in [4.69, 9.17) is 0 Å². The Bertz CT molecular complexity index is 997. The molecular formula is C21H24F2N4O2S. The van der Waals surface area contributed by atoms with Gasteiger partial charge < -0.3 is 15.0 Å². The molecule has 2 unspecified atom stereocenters. The van der Waals surface area contributed by atoms with Crippen LogP contribution < -0.4 is 10.2 Å². The van der Waals surface area contributed by atoms with E-state index in [0.29, 0.717) is 36.7 Å². The van der Waals surface area contributed by atoms with Crippen LogP contribution in [0, 0.1) is 5.92 Å². The average molecular weight is 435 g/mol. The van der Waals surface area contributed by atoms with E-state index >= 15 is 0 Å². The zero-order valence-electron chi connectivity index (χ0n) is 16.5. The SMILES string of the molecule is O=C(N[C@@H]1CN2CCC23CC[C@H]13)c1nsc2cc(N3CCC(OC(F)F)C3)ccc12. The molecule has 30 heavy (non-hydrogen) atoms. The second kappa shape index (κ2) is 6.83. The van der Waals surface area contributed by atoms with Gasteiger partial charge >= 0.3 is 6.61 Å². The monoisotopic (exact) mass is 434 g/mol. The van der Waals surface area contributed by atoms with E-state index in [1.807, 2.05) is 23.1 Å². The van der Waals surface area contributed by atoms with Gasteiger partial charge in [-0.05, 0) is 61.3 Å². The third kappa shape index (κ3) is 2.78. The van der Waals surface area contributed by atoms with Crippen molar-refractivity contribution in [2.45, 2.75) is 50.0 Å². The number of nitrogens with one attached hydrogen (secondary N) is 1. The molecule has 3 aliphatic heterocycles. The molecule has 6 nitrogen and oxygen atoms in total. The molecule has 4 heterocycles. The third-order valence-corrected chi connectivity index (χ3v) is 8.53. The number of carbonyl (C=O) groups is 1. The van der Waals surface area contributed by atoms with Crippen LogP contribution in [0.5, 0.6) is 0 Å². The van der Waals surface area contributed by atoms with E-state index in [1.54, 1.807) is 0 Å². The van der Waals surface area contributed by atoms with Gasteiger partial charge in [-0.2, -0.15) is 13.2 Å². The Kier molecular flexibility index (Phi) is 4.30. The van der Waals surface area contributed by atoms with E-state index in [1.165, 1.54) is 30.8 Å². The zero-order chi connectivity index (χ0) is 20.5. The first-order chi connectivity index (χ1) is 14.5. The largest absolute Gasteiger partial charge is 0.369 e. The van der Waals surface area contributed by atoms with Crippen molar-refractivity contribution in [1.82, 2.24) is 14.6 Å². The van der Waals surface area contributed by atoms with Crippen LogP contribution in [0.25, 0.3) is 10.1 Å². The van der Waals surface area contributed by atoms with E-state index in [-0.39, 0.29) is 11.9 Å². The summed E-state index contributed by atoms with van der Waals surface area (Å²) in [6.07, 6.45) is 3.88. The fourth-order valence-electron chi connectivity index (χ4n) is 6.01. The number of fused-ring (bicyclic) bond motifs is 1. The number of hydrogen-bond donors (Lipinski definition) is 1. The van der Waals surface area contributed by atoms with Gasteiger partial charge in [0.15, 0.2) is 0 Å². The van der Waals surface area contributed by atoms with E-state index in [9.17, 15) is 13.6 Å². The van der Waals surface area contributed by atoms with Crippen LogP contribution in [0.2, 0.25) is 0 Å². The summed E-state index contributed by atoms with van der Waals surface area (Å²) in [6, 6.07) is 6.09. The average Bonchev–Trinajstić information content (AvgIpc) is 3.32. The minimum atomic E-state index is -2.73. The van der Waals surface area contributed by atoms with Crippen molar-refractivity contribution in [3.05, 3.63) is 23.9 Å². The highest BCUT2D eigenvalue weighted by molar-refractivity contribution is 7.13. The number of amides is 1. The van der Waals surface area contributed by atoms with Gasteiger partial charge in [-0.3, -0.25) is 9.69 Å². The van der Waals surface area contributed by atoms with E-state index < -0.39 is 12.7 Å². The first kappa shape index (κ1) is 18.9. The summed E-state index contributed by atoms with van der Waals surface area (Å²) in [5, 5.41) is 4.11. The number of halogens is 2. The van der Waals surface area contributed by atoms with Crippen molar-refractivity contribution in [2.24, 2.45) is 5.92 Å². The van der Waals surface area contributed by atoms with Crippen molar-refractivity contribution in [3.8, 4) is 0 Å². The molecule has 4 aliphatic rings. The van der Waals surface area contributed by atoms with E-state index in [0.717, 1.165) is 28.9 Å². The van der Waals surface area contributed by atoms with Gasteiger partial charge in [-0.1, -0.05) is 0 Å². The van der Waals surface area contributed by atoms with Crippen molar-refractivity contribution in [2.75, 3.05) is 31.1 Å². The quantitative estimate of drug-likeness (QED) is 0.784. The lowest BCUT2D eigenvalue weighted by Gasteiger charge is -2.58. The standard InChI is InChI=1S/C21H24F2N4O2S/c22-20(23)29-13-4-7-26(10-13)12-1-2-14-17(9-12)30-25-18(14)19(28)24-16-11-27-8-6-21(27)5-3-15(16)21/h1-2,9,13,15-16,20H,3-8,10-11H2,(H,24,28)/t13?,15-,16-,21?/m1/s1. The maximum absolute atomic E-state index is 13.0. The molecule has 6 rings (SSSR count). The highest BCUT2D eigenvalue weighted by Gasteiger charge is 2.63. The number of hydrogen-bond acceptors (Lipinski definition) is 6.